The smallest absolute Gasteiger partial charge is 0.327 e. The first-order chi connectivity index (χ1) is 17.6. The Labute approximate surface area is 206 Å². The highest BCUT2D eigenvalue weighted by molar-refractivity contribution is 5.87. The molecule has 4 heterocycles. The van der Waals surface area contributed by atoms with Crippen molar-refractivity contribution in [1.82, 2.24) is 34.0 Å². The largest absolute Gasteiger partial charge is 0.468 e. The van der Waals surface area contributed by atoms with Crippen LogP contribution in [0.4, 0.5) is 11.8 Å². The fraction of sp³-hybridized carbons (Fsp3) is 0.208. The molecule has 0 fully saturated rings. The minimum absolute atomic E-state index is 0.0186. The third-order valence-electron chi connectivity index (χ3n) is 5.63. The van der Waals surface area contributed by atoms with Crippen LogP contribution in [-0.4, -0.2) is 58.8 Å². The molecular weight excluding hydrogens is 462 g/mol. The predicted octanol–water partition coefficient (Wildman–Crippen LogP) is 2.14. The van der Waals surface area contributed by atoms with Gasteiger partial charge >= 0.3 is 5.97 Å². The molecule has 12 nitrogen and oxygen atoms in total. The van der Waals surface area contributed by atoms with Gasteiger partial charge in [-0.3, -0.25) is 14.9 Å². The lowest BCUT2D eigenvalue weighted by molar-refractivity contribution is -0.141. The first kappa shape index (κ1) is 23.1. The molecule has 0 aliphatic carbocycles. The first-order valence-corrected chi connectivity index (χ1v) is 11.3. The van der Waals surface area contributed by atoms with E-state index in [1.165, 1.54) is 13.4 Å². The van der Waals surface area contributed by atoms with Crippen LogP contribution in [0.2, 0.25) is 0 Å². The van der Waals surface area contributed by atoms with E-state index in [1.54, 1.807) is 27.9 Å². The second kappa shape index (κ2) is 10.3. The highest BCUT2D eigenvalue weighted by Gasteiger charge is 2.11. The number of hydrogen-bond acceptors (Lipinski definition) is 9. The van der Waals surface area contributed by atoms with E-state index < -0.39 is 0 Å². The Morgan fingerprint density at radius 2 is 2.06 bits per heavy atom. The van der Waals surface area contributed by atoms with Gasteiger partial charge in [-0.05, 0) is 23.3 Å². The average molecular weight is 488 g/mol. The Kier molecular flexibility index (Phi) is 6.58. The van der Waals surface area contributed by atoms with E-state index in [2.05, 4.69) is 36.9 Å². The number of aliphatic hydroxyl groups excluding tert-OH is 1. The van der Waals surface area contributed by atoms with Crippen molar-refractivity contribution in [2.75, 3.05) is 24.5 Å². The van der Waals surface area contributed by atoms with Crippen molar-refractivity contribution in [2.24, 2.45) is 0 Å². The summed E-state index contributed by atoms with van der Waals surface area (Å²) in [6.07, 6.45) is 10.4. The van der Waals surface area contributed by atoms with E-state index >= 15 is 0 Å². The lowest BCUT2D eigenvalue weighted by atomic mass is 10.1. The number of rotatable bonds is 10. The summed E-state index contributed by atoms with van der Waals surface area (Å²) < 4.78 is 9.84. The number of carbonyl (C=O) groups excluding carboxylic acids is 1. The number of aliphatic hydroxyl groups is 1. The van der Waals surface area contributed by atoms with Crippen molar-refractivity contribution in [2.45, 2.75) is 19.6 Å². The van der Waals surface area contributed by atoms with Gasteiger partial charge < -0.3 is 19.7 Å². The normalized spacial score (nSPS) is 11.1. The highest BCUT2D eigenvalue weighted by Crippen LogP contribution is 2.23. The minimum Gasteiger partial charge on any atom is -0.468 e. The molecule has 0 radical (unpaired) electrons. The van der Waals surface area contributed by atoms with Gasteiger partial charge in [-0.1, -0.05) is 18.2 Å². The molecule has 5 aromatic rings. The maximum absolute atomic E-state index is 11.5. The number of fused-ring (bicyclic) bond motifs is 1. The maximum Gasteiger partial charge on any atom is 0.327 e. The van der Waals surface area contributed by atoms with E-state index in [1.807, 2.05) is 41.2 Å². The van der Waals surface area contributed by atoms with Crippen molar-refractivity contribution in [1.29, 1.82) is 0 Å². The van der Waals surface area contributed by atoms with Gasteiger partial charge in [-0.2, -0.15) is 5.10 Å². The predicted molar refractivity (Wildman–Crippen MR) is 133 cm³/mol. The number of ether oxygens (including phenoxy) is 1. The molecule has 36 heavy (non-hydrogen) atoms. The average Bonchev–Trinajstić information content (AvgIpc) is 3.65. The van der Waals surface area contributed by atoms with Crippen molar-refractivity contribution < 1.29 is 14.6 Å². The molecule has 0 unspecified atom stereocenters. The van der Waals surface area contributed by atoms with Gasteiger partial charge in [0.15, 0.2) is 5.65 Å². The molecule has 3 N–H and O–H groups in total. The molecule has 0 aliphatic heterocycles. The van der Waals surface area contributed by atoms with Gasteiger partial charge in [0.1, 0.15) is 18.7 Å². The fourth-order valence-corrected chi connectivity index (χ4v) is 3.84. The van der Waals surface area contributed by atoms with Crippen LogP contribution >= 0.6 is 0 Å². The Bertz CT molecular complexity index is 1490. The SMILES string of the molecule is COC(=O)Cn1cc(-c2cccc(CNc3ncnc4c3ccn4Nc3nccn3CCO)c2)cn1. The van der Waals surface area contributed by atoms with Gasteiger partial charge in [-0.25, -0.2) is 19.6 Å². The number of imidazole rings is 1. The molecule has 0 spiro atoms. The van der Waals surface area contributed by atoms with Crippen LogP contribution in [0.5, 0.6) is 0 Å². The molecule has 0 saturated carbocycles. The molecule has 4 aromatic heterocycles. The number of anilines is 2. The summed E-state index contributed by atoms with van der Waals surface area (Å²) in [6, 6.07) is 10.0. The number of benzene rings is 1. The number of aromatic nitrogens is 7. The van der Waals surface area contributed by atoms with Crippen LogP contribution in [0, 0.1) is 0 Å². The zero-order chi connectivity index (χ0) is 24.9. The van der Waals surface area contributed by atoms with Crippen molar-refractivity contribution in [3.63, 3.8) is 0 Å². The summed E-state index contributed by atoms with van der Waals surface area (Å²) >= 11 is 0. The lowest BCUT2D eigenvalue weighted by Gasteiger charge is -2.11. The van der Waals surface area contributed by atoms with Crippen LogP contribution in [-0.2, 0) is 29.2 Å². The van der Waals surface area contributed by atoms with Crippen molar-refractivity contribution in [3.05, 3.63) is 73.2 Å². The Balaban J connectivity index is 1.30. The molecular formula is C24H25N9O3. The van der Waals surface area contributed by atoms with Gasteiger partial charge in [0.25, 0.3) is 0 Å². The molecule has 12 heteroatoms. The molecule has 0 bridgehead atoms. The molecule has 0 atom stereocenters. The second-order valence-corrected chi connectivity index (χ2v) is 7.98. The molecule has 184 valence electrons. The number of hydrogen-bond donors (Lipinski definition) is 3. The molecule has 1 aromatic carbocycles. The van der Waals surface area contributed by atoms with Crippen molar-refractivity contribution >= 4 is 28.8 Å². The van der Waals surface area contributed by atoms with Crippen LogP contribution in [0.1, 0.15) is 5.56 Å². The fourth-order valence-electron chi connectivity index (χ4n) is 3.84. The Morgan fingerprint density at radius 3 is 2.92 bits per heavy atom. The van der Waals surface area contributed by atoms with Gasteiger partial charge in [0.2, 0.25) is 5.95 Å². The number of methoxy groups -OCH3 is 1. The number of nitrogens with zero attached hydrogens (tertiary/aromatic N) is 7. The monoisotopic (exact) mass is 487 g/mol. The Hall–Kier alpha value is -4.71. The van der Waals surface area contributed by atoms with Gasteiger partial charge in [-0.15, -0.1) is 0 Å². The molecule has 5 rings (SSSR count). The summed E-state index contributed by atoms with van der Waals surface area (Å²) in [6.45, 7) is 1.08. The molecule has 0 aliphatic rings. The topological polar surface area (TPSA) is 137 Å². The summed E-state index contributed by atoms with van der Waals surface area (Å²) in [5.74, 6) is 0.954. The number of nitrogens with one attached hydrogen (secondary N) is 2. The van der Waals surface area contributed by atoms with Crippen LogP contribution in [0.15, 0.2) is 67.6 Å². The zero-order valence-electron chi connectivity index (χ0n) is 19.6. The molecule has 0 amide bonds. The lowest BCUT2D eigenvalue weighted by Crippen LogP contribution is -2.14. The zero-order valence-corrected chi connectivity index (χ0v) is 19.6. The van der Waals surface area contributed by atoms with E-state index in [-0.39, 0.29) is 19.1 Å². The summed E-state index contributed by atoms with van der Waals surface area (Å²) in [7, 11) is 1.36. The molecule has 0 saturated heterocycles. The second-order valence-electron chi connectivity index (χ2n) is 7.98. The summed E-state index contributed by atoms with van der Waals surface area (Å²) in [4.78, 5) is 24.6. The summed E-state index contributed by atoms with van der Waals surface area (Å²) in [5.41, 5.74) is 6.86. The van der Waals surface area contributed by atoms with E-state index in [0.717, 1.165) is 22.1 Å². The van der Waals surface area contributed by atoms with Crippen molar-refractivity contribution in [3.8, 4) is 11.1 Å². The van der Waals surface area contributed by atoms with Crippen LogP contribution in [0.3, 0.4) is 0 Å². The Morgan fingerprint density at radius 1 is 1.14 bits per heavy atom. The quantitative estimate of drug-likeness (QED) is 0.253. The third-order valence-corrected chi connectivity index (χ3v) is 5.63. The third kappa shape index (κ3) is 4.88. The minimum atomic E-state index is -0.349. The van der Waals surface area contributed by atoms with E-state index in [0.29, 0.717) is 30.5 Å². The van der Waals surface area contributed by atoms with Gasteiger partial charge in [0, 0.05) is 43.4 Å². The first-order valence-electron chi connectivity index (χ1n) is 11.3. The highest BCUT2D eigenvalue weighted by atomic mass is 16.5. The van der Waals surface area contributed by atoms with Gasteiger partial charge in [0.05, 0.1) is 25.3 Å². The van der Waals surface area contributed by atoms with E-state index in [4.69, 9.17) is 4.74 Å². The standard InChI is InChI=1S/C24H25N9O3/c1-36-21(35)15-32-14-19(13-29-32)18-4-2-3-17(11-18)12-26-22-20-5-7-33(23(20)28-16-27-22)30-24-25-6-8-31(24)9-10-34/h2-8,11,13-14,16,34H,9-10,12,15H2,1H3,(H,25,30)(H,26,27,28). The van der Waals surface area contributed by atoms with Crippen LogP contribution < -0.4 is 10.7 Å². The number of esters is 1. The van der Waals surface area contributed by atoms with E-state index in [9.17, 15) is 9.90 Å². The summed E-state index contributed by atoms with van der Waals surface area (Å²) in [5, 5.41) is 17.7. The maximum atomic E-state index is 11.5. The van der Waals surface area contributed by atoms with Crippen LogP contribution in [0.25, 0.3) is 22.2 Å². The number of carbonyl (C=O) groups is 1.